The first-order valence-electron chi connectivity index (χ1n) is 3.32. The highest BCUT2D eigenvalue weighted by molar-refractivity contribution is 5.85. The monoisotopic (exact) mass is 149 g/mol. The summed E-state index contributed by atoms with van der Waals surface area (Å²) < 4.78 is 5.41. The van der Waals surface area contributed by atoms with Gasteiger partial charge in [-0.1, -0.05) is 0 Å². The molecular formula is C6H12ClNO. The van der Waals surface area contributed by atoms with Crippen LogP contribution in [-0.4, -0.2) is 25.3 Å². The molecule has 1 N–H and O–H groups in total. The lowest BCUT2D eigenvalue weighted by atomic mass is 10.4. The van der Waals surface area contributed by atoms with Gasteiger partial charge >= 0.3 is 0 Å². The number of nitrogens with one attached hydrogen (secondary N) is 1. The van der Waals surface area contributed by atoms with E-state index in [4.69, 9.17) is 4.74 Å². The minimum atomic E-state index is 0. The molecule has 0 aromatic carbocycles. The van der Waals surface area contributed by atoms with Gasteiger partial charge in [0.05, 0.1) is 6.10 Å². The summed E-state index contributed by atoms with van der Waals surface area (Å²) in [6, 6.07) is 0.720. The van der Waals surface area contributed by atoms with Gasteiger partial charge in [-0.2, -0.15) is 0 Å². The van der Waals surface area contributed by atoms with Crippen molar-refractivity contribution in [3.8, 4) is 0 Å². The fraction of sp³-hybridized carbons (Fsp3) is 1.00. The molecule has 2 nitrogen and oxygen atoms in total. The highest BCUT2D eigenvalue weighted by Crippen LogP contribution is 2.26. The molecule has 1 saturated carbocycles. The molecule has 0 unspecified atom stereocenters. The predicted octanol–water partition coefficient (Wildman–Crippen LogP) is 0.559. The van der Waals surface area contributed by atoms with E-state index in [0.29, 0.717) is 6.10 Å². The summed E-state index contributed by atoms with van der Waals surface area (Å²) in [6.07, 6.45) is 3.02. The smallest absolute Gasteiger partial charge is 0.0744 e. The van der Waals surface area contributed by atoms with Crippen LogP contribution in [-0.2, 0) is 4.74 Å². The van der Waals surface area contributed by atoms with Crippen molar-refractivity contribution < 1.29 is 4.74 Å². The van der Waals surface area contributed by atoms with Crippen molar-refractivity contribution in [3.63, 3.8) is 0 Å². The molecule has 2 fully saturated rings. The Morgan fingerprint density at radius 2 is 2.33 bits per heavy atom. The van der Waals surface area contributed by atoms with E-state index in [-0.39, 0.29) is 12.4 Å². The Morgan fingerprint density at radius 3 is 3.22 bits per heavy atom. The van der Waals surface area contributed by atoms with Gasteiger partial charge in [-0.05, 0) is 19.4 Å². The van der Waals surface area contributed by atoms with Crippen LogP contribution in [0.15, 0.2) is 0 Å². The van der Waals surface area contributed by atoms with Gasteiger partial charge < -0.3 is 10.1 Å². The first-order chi connectivity index (χ1) is 3.97. The molecule has 1 saturated heterocycles. The number of fused-ring (bicyclic) bond motifs is 1. The van der Waals surface area contributed by atoms with Crippen LogP contribution in [0.1, 0.15) is 12.8 Å². The Morgan fingerprint density at radius 1 is 1.44 bits per heavy atom. The van der Waals surface area contributed by atoms with E-state index in [1.807, 2.05) is 0 Å². The van der Waals surface area contributed by atoms with E-state index in [0.717, 1.165) is 19.2 Å². The van der Waals surface area contributed by atoms with E-state index < -0.39 is 0 Å². The van der Waals surface area contributed by atoms with Crippen molar-refractivity contribution in [1.29, 1.82) is 0 Å². The molecule has 3 heteroatoms. The van der Waals surface area contributed by atoms with Crippen molar-refractivity contribution in [3.05, 3.63) is 0 Å². The lowest BCUT2D eigenvalue weighted by molar-refractivity contribution is 0.123. The van der Waals surface area contributed by atoms with Crippen LogP contribution in [0.25, 0.3) is 0 Å². The third-order valence-electron chi connectivity index (χ3n) is 1.79. The molecule has 1 aliphatic carbocycles. The predicted molar refractivity (Wildman–Crippen MR) is 38.0 cm³/mol. The Labute approximate surface area is 61.4 Å². The lowest BCUT2D eigenvalue weighted by Crippen LogP contribution is -2.18. The summed E-state index contributed by atoms with van der Waals surface area (Å²) in [5.74, 6) is 0. The van der Waals surface area contributed by atoms with Gasteiger partial charge in [0.25, 0.3) is 0 Å². The van der Waals surface area contributed by atoms with Crippen LogP contribution < -0.4 is 5.32 Å². The number of ether oxygens (including phenoxy) is 1. The Hall–Kier alpha value is 0.210. The van der Waals surface area contributed by atoms with E-state index >= 15 is 0 Å². The minimum absolute atomic E-state index is 0. The van der Waals surface area contributed by atoms with Gasteiger partial charge in [0.1, 0.15) is 0 Å². The van der Waals surface area contributed by atoms with Crippen molar-refractivity contribution in [2.75, 3.05) is 13.2 Å². The zero-order valence-electron chi connectivity index (χ0n) is 5.30. The number of hydrogen-bond acceptors (Lipinski definition) is 2. The molecule has 2 rings (SSSR count). The summed E-state index contributed by atoms with van der Waals surface area (Å²) in [7, 11) is 0. The van der Waals surface area contributed by atoms with Gasteiger partial charge in [-0.25, -0.2) is 0 Å². The first-order valence-corrected chi connectivity index (χ1v) is 3.32. The van der Waals surface area contributed by atoms with Crippen molar-refractivity contribution in [2.24, 2.45) is 0 Å². The topological polar surface area (TPSA) is 21.3 Å². The second kappa shape index (κ2) is 2.86. The van der Waals surface area contributed by atoms with Gasteiger partial charge in [-0.3, -0.25) is 0 Å². The highest BCUT2D eigenvalue weighted by atomic mass is 35.5. The Balaban J connectivity index is 0.000000405. The maximum atomic E-state index is 5.41. The molecule has 2 atom stereocenters. The summed E-state index contributed by atoms with van der Waals surface area (Å²) in [5, 5.41) is 3.39. The third kappa shape index (κ3) is 1.57. The van der Waals surface area contributed by atoms with Crippen LogP contribution >= 0.6 is 12.4 Å². The SMILES string of the molecule is C1CN[C@H]2C[C@H]2OC1.Cl. The fourth-order valence-electron chi connectivity index (χ4n) is 1.17. The molecule has 0 radical (unpaired) electrons. The maximum Gasteiger partial charge on any atom is 0.0744 e. The number of rotatable bonds is 0. The largest absolute Gasteiger partial charge is 0.376 e. The molecule has 2 aliphatic rings. The zero-order chi connectivity index (χ0) is 5.40. The third-order valence-corrected chi connectivity index (χ3v) is 1.79. The fourth-order valence-corrected chi connectivity index (χ4v) is 1.17. The van der Waals surface area contributed by atoms with Crippen LogP contribution in [0, 0.1) is 0 Å². The van der Waals surface area contributed by atoms with Crippen molar-refractivity contribution in [2.45, 2.75) is 25.0 Å². The quantitative estimate of drug-likeness (QED) is 0.544. The van der Waals surface area contributed by atoms with Crippen LogP contribution in [0.2, 0.25) is 0 Å². The molecule has 0 amide bonds. The first kappa shape index (κ1) is 7.32. The average Bonchev–Trinajstić information content (AvgIpc) is 2.36. The van der Waals surface area contributed by atoms with Crippen molar-refractivity contribution in [1.82, 2.24) is 5.32 Å². The van der Waals surface area contributed by atoms with E-state index in [9.17, 15) is 0 Å². The normalized spacial score (nSPS) is 40.0. The number of halogens is 1. The summed E-state index contributed by atoms with van der Waals surface area (Å²) in [5.41, 5.74) is 0. The Kier molecular flexibility index (Phi) is 2.33. The minimum Gasteiger partial charge on any atom is -0.376 e. The molecule has 1 aliphatic heterocycles. The van der Waals surface area contributed by atoms with Crippen LogP contribution in [0.3, 0.4) is 0 Å². The summed E-state index contributed by atoms with van der Waals surface area (Å²) >= 11 is 0. The van der Waals surface area contributed by atoms with Gasteiger partial charge in [0.2, 0.25) is 0 Å². The van der Waals surface area contributed by atoms with Gasteiger partial charge in [0, 0.05) is 12.6 Å². The van der Waals surface area contributed by atoms with Gasteiger partial charge in [-0.15, -0.1) is 12.4 Å². The maximum absolute atomic E-state index is 5.41. The molecule has 1 heterocycles. The van der Waals surface area contributed by atoms with Crippen LogP contribution in [0.4, 0.5) is 0 Å². The highest BCUT2D eigenvalue weighted by Gasteiger charge is 2.38. The molecule has 9 heavy (non-hydrogen) atoms. The molecule has 0 aromatic heterocycles. The average molecular weight is 150 g/mol. The van der Waals surface area contributed by atoms with E-state index in [2.05, 4.69) is 5.32 Å². The van der Waals surface area contributed by atoms with E-state index in [1.54, 1.807) is 0 Å². The Bertz CT molecular complexity index is 89.1. The number of hydrogen-bond donors (Lipinski definition) is 1. The summed E-state index contributed by atoms with van der Waals surface area (Å²) in [4.78, 5) is 0. The molecular weight excluding hydrogens is 138 g/mol. The molecule has 54 valence electrons. The molecule has 0 bridgehead atoms. The zero-order valence-corrected chi connectivity index (χ0v) is 6.12. The second-order valence-corrected chi connectivity index (χ2v) is 2.56. The van der Waals surface area contributed by atoms with Gasteiger partial charge in [0.15, 0.2) is 0 Å². The molecule has 0 aromatic rings. The van der Waals surface area contributed by atoms with E-state index in [1.165, 1.54) is 12.8 Å². The van der Waals surface area contributed by atoms with Crippen LogP contribution in [0.5, 0.6) is 0 Å². The summed E-state index contributed by atoms with van der Waals surface area (Å²) in [6.45, 7) is 2.12. The van der Waals surface area contributed by atoms with Crippen molar-refractivity contribution >= 4 is 12.4 Å². The second-order valence-electron chi connectivity index (χ2n) is 2.56. The molecule has 0 spiro atoms. The standard InChI is InChI=1S/C6H11NO.ClH/c1-2-7-5-4-6(5)8-3-1;/h5-7H,1-4H2;1H/t5-,6+;/m0./s1. The lowest BCUT2D eigenvalue weighted by Gasteiger charge is -1.94.